The highest BCUT2D eigenvalue weighted by Gasteiger charge is 2.31. The van der Waals surface area contributed by atoms with E-state index >= 15 is 0 Å². The molecule has 112 valence electrons. The molecule has 1 heterocycles. The average Bonchev–Trinajstić information content (AvgIpc) is 2.40. The molecular weight excluding hydrogens is 398 g/mol. The SMILES string of the molecule is CCNc1nc(-c2cccc(OC(F)(F)F)c2)ncc1I. The van der Waals surface area contributed by atoms with Crippen LogP contribution in [0, 0.1) is 3.57 Å². The first kappa shape index (κ1) is 15.8. The quantitative estimate of drug-likeness (QED) is 0.774. The van der Waals surface area contributed by atoms with E-state index < -0.39 is 6.36 Å². The number of benzene rings is 1. The molecule has 0 atom stereocenters. The third kappa shape index (κ3) is 4.45. The lowest BCUT2D eigenvalue weighted by atomic mass is 10.2. The molecule has 0 spiro atoms. The standard InChI is InChI=1S/C13H11F3IN3O/c1-2-18-12-10(17)7-19-11(20-12)8-4-3-5-9(6-8)21-13(14,15)16/h3-7H,2H2,1H3,(H,18,19,20). The molecule has 1 N–H and O–H groups in total. The molecule has 1 aromatic heterocycles. The summed E-state index contributed by atoms with van der Waals surface area (Å²) in [6.45, 7) is 2.61. The van der Waals surface area contributed by atoms with Gasteiger partial charge in [-0.05, 0) is 41.6 Å². The molecule has 0 amide bonds. The van der Waals surface area contributed by atoms with Crippen LogP contribution in [0.5, 0.6) is 5.75 Å². The molecular formula is C13H11F3IN3O. The van der Waals surface area contributed by atoms with Crippen molar-refractivity contribution in [3.63, 3.8) is 0 Å². The van der Waals surface area contributed by atoms with Crippen LogP contribution in [-0.4, -0.2) is 22.9 Å². The Bertz CT molecular complexity index is 634. The number of ether oxygens (including phenoxy) is 1. The van der Waals surface area contributed by atoms with Gasteiger partial charge in [0.1, 0.15) is 11.6 Å². The second-order valence-electron chi connectivity index (χ2n) is 4.00. The van der Waals surface area contributed by atoms with Crippen molar-refractivity contribution in [3.8, 4) is 17.1 Å². The van der Waals surface area contributed by atoms with Crippen LogP contribution in [0.4, 0.5) is 19.0 Å². The van der Waals surface area contributed by atoms with Gasteiger partial charge < -0.3 is 10.1 Å². The lowest BCUT2D eigenvalue weighted by molar-refractivity contribution is -0.274. The minimum atomic E-state index is -4.72. The number of rotatable bonds is 4. The van der Waals surface area contributed by atoms with Crippen LogP contribution in [0.3, 0.4) is 0 Å². The van der Waals surface area contributed by atoms with Crippen LogP contribution in [-0.2, 0) is 0 Å². The van der Waals surface area contributed by atoms with E-state index in [1.54, 1.807) is 12.3 Å². The molecule has 0 unspecified atom stereocenters. The van der Waals surface area contributed by atoms with Gasteiger partial charge in [-0.25, -0.2) is 9.97 Å². The number of hydrogen-bond donors (Lipinski definition) is 1. The van der Waals surface area contributed by atoms with Gasteiger partial charge in [-0.15, -0.1) is 13.2 Å². The summed E-state index contributed by atoms with van der Waals surface area (Å²) in [7, 11) is 0. The normalized spacial score (nSPS) is 11.3. The number of nitrogens with zero attached hydrogens (tertiary/aromatic N) is 2. The van der Waals surface area contributed by atoms with Crippen LogP contribution < -0.4 is 10.1 Å². The van der Waals surface area contributed by atoms with Gasteiger partial charge in [0.25, 0.3) is 0 Å². The summed E-state index contributed by atoms with van der Waals surface area (Å²) in [4.78, 5) is 8.44. The summed E-state index contributed by atoms with van der Waals surface area (Å²) in [5, 5.41) is 3.07. The first-order valence-electron chi connectivity index (χ1n) is 6.01. The van der Waals surface area contributed by atoms with E-state index in [2.05, 4.69) is 42.6 Å². The Morgan fingerprint density at radius 3 is 2.76 bits per heavy atom. The smallest absolute Gasteiger partial charge is 0.406 e. The van der Waals surface area contributed by atoms with E-state index in [0.717, 1.165) is 3.57 Å². The zero-order chi connectivity index (χ0) is 15.5. The Kier molecular flexibility index (Phi) is 4.86. The van der Waals surface area contributed by atoms with Crippen LogP contribution >= 0.6 is 22.6 Å². The summed E-state index contributed by atoms with van der Waals surface area (Å²) in [5.41, 5.74) is 0.451. The van der Waals surface area contributed by atoms with Crippen LogP contribution in [0.1, 0.15) is 6.92 Å². The molecule has 0 saturated carbocycles. The Hall–Kier alpha value is -1.58. The molecule has 0 aliphatic heterocycles. The Balaban J connectivity index is 2.34. The van der Waals surface area contributed by atoms with Crippen molar-refractivity contribution in [2.75, 3.05) is 11.9 Å². The van der Waals surface area contributed by atoms with Crippen molar-refractivity contribution in [2.24, 2.45) is 0 Å². The zero-order valence-corrected chi connectivity index (χ0v) is 13.1. The first-order chi connectivity index (χ1) is 9.89. The van der Waals surface area contributed by atoms with E-state index in [1.807, 2.05) is 6.92 Å². The molecule has 0 bridgehead atoms. The van der Waals surface area contributed by atoms with Crippen molar-refractivity contribution >= 4 is 28.4 Å². The Morgan fingerprint density at radius 2 is 2.10 bits per heavy atom. The van der Waals surface area contributed by atoms with Gasteiger partial charge in [0, 0.05) is 18.3 Å². The largest absolute Gasteiger partial charge is 0.573 e. The summed E-state index contributed by atoms with van der Waals surface area (Å²) >= 11 is 2.08. The predicted molar refractivity (Wildman–Crippen MR) is 81.0 cm³/mol. The number of nitrogens with one attached hydrogen (secondary N) is 1. The van der Waals surface area contributed by atoms with Crippen LogP contribution in [0.15, 0.2) is 30.5 Å². The summed E-state index contributed by atoms with van der Waals surface area (Å²) in [6, 6.07) is 5.58. The van der Waals surface area contributed by atoms with Gasteiger partial charge in [0.15, 0.2) is 5.82 Å². The third-order valence-corrected chi connectivity index (χ3v) is 3.20. The third-order valence-electron chi connectivity index (χ3n) is 2.41. The van der Waals surface area contributed by atoms with Crippen molar-refractivity contribution < 1.29 is 17.9 Å². The molecule has 0 saturated heterocycles. The summed E-state index contributed by atoms with van der Waals surface area (Å²) in [6.07, 6.45) is -3.11. The topological polar surface area (TPSA) is 47.0 Å². The van der Waals surface area contributed by atoms with E-state index in [4.69, 9.17) is 0 Å². The van der Waals surface area contributed by atoms with E-state index in [0.29, 0.717) is 23.8 Å². The molecule has 0 fully saturated rings. The molecule has 1 aromatic carbocycles. The van der Waals surface area contributed by atoms with Crippen molar-refractivity contribution in [2.45, 2.75) is 13.3 Å². The Labute approximate surface area is 132 Å². The molecule has 4 nitrogen and oxygen atoms in total. The Morgan fingerprint density at radius 1 is 1.33 bits per heavy atom. The van der Waals surface area contributed by atoms with E-state index in [1.165, 1.54) is 18.2 Å². The fraction of sp³-hybridized carbons (Fsp3) is 0.231. The number of aromatic nitrogens is 2. The highest BCUT2D eigenvalue weighted by Crippen LogP contribution is 2.27. The van der Waals surface area contributed by atoms with Gasteiger partial charge in [-0.3, -0.25) is 0 Å². The zero-order valence-electron chi connectivity index (χ0n) is 10.9. The fourth-order valence-corrected chi connectivity index (χ4v) is 2.08. The molecule has 0 radical (unpaired) electrons. The molecule has 2 rings (SSSR count). The minimum Gasteiger partial charge on any atom is -0.406 e. The highest BCUT2D eigenvalue weighted by atomic mass is 127. The van der Waals surface area contributed by atoms with Gasteiger partial charge in [-0.2, -0.15) is 0 Å². The van der Waals surface area contributed by atoms with Crippen LogP contribution in [0.2, 0.25) is 0 Å². The maximum atomic E-state index is 12.2. The van der Waals surface area contributed by atoms with Gasteiger partial charge in [-0.1, -0.05) is 12.1 Å². The lowest BCUT2D eigenvalue weighted by Crippen LogP contribution is -2.17. The van der Waals surface area contributed by atoms with Crippen molar-refractivity contribution in [1.82, 2.24) is 9.97 Å². The lowest BCUT2D eigenvalue weighted by Gasteiger charge is -2.10. The number of alkyl halides is 3. The number of halogens is 4. The molecule has 0 aliphatic carbocycles. The van der Waals surface area contributed by atoms with E-state index in [9.17, 15) is 13.2 Å². The average molecular weight is 409 g/mol. The van der Waals surface area contributed by atoms with Crippen molar-refractivity contribution in [3.05, 3.63) is 34.0 Å². The summed E-state index contributed by atoms with van der Waals surface area (Å²) < 4.78 is 41.4. The predicted octanol–water partition coefficient (Wildman–Crippen LogP) is 4.08. The van der Waals surface area contributed by atoms with Crippen molar-refractivity contribution in [1.29, 1.82) is 0 Å². The first-order valence-corrected chi connectivity index (χ1v) is 7.09. The van der Waals surface area contributed by atoms with Crippen LogP contribution in [0.25, 0.3) is 11.4 Å². The molecule has 8 heteroatoms. The highest BCUT2D eigenvalue weighted by molar-refractivity contribution is 14.1. The monoisotopic (exact) mass is 409 g/mol. The van der Waals surface area contributed by atoms with Gasteiger partial charge in [0.2, 0.25) is 0 Å². The maximum Gasteiger partial charge on any atom is 0.573 e. The maximum absolute atomic E-state index is 12.2. The van der Waals surface area contributed by atoms with E-state index in [-0.39, 0.29) is 5.75 Å². The van der Waals surface area contributed by atoms with Gasteiger partial charge >= 0.3 is 6.36 Å². The number of hydrogen-bond acceptors (Lipinski definition) is 4. The molecule has 2 aromatic rings. The second kappa shape index (κ2) is 6.46. The fourth-order valence-electron chi connectivity index (χ4n) is 1.63. The summed E-state index contributed by atoms with van der Waals surface area (Å²) in [5.74, 6) is 0.677. The molecule has 0 aliphatic rings. The number of anilines is 1. The minimum absolute atomic E-state index is 0.299. The van der Waals surface area contributed by atoms with Gasteiger partial charge in [0.05, 0.1) is 3.57 Å². The molecule has 21 heavy (non-hydrogen) atoms. The second-order valence-corrected chi connectivity index (χ2v) is 5.16.